The second-order valence-corrected chi connectivity index (χ2v) is 7.75. The summed E-state index contributed by atoms with van der Waals surface area (Å²) >= 11 is 0. The number of sulfone groups is 1. The van der Waals surface area contributed by atoms with E-state index in [9.17, 15) is 13.2 Å². The van der Waals surface area contributed by atoms with E-state index in [1.807, 2.05) is 6.92 Å². The Labute approximate surface area is 120 Å². The maximum Gasteiger partial charge on any atom is 0.338 e. The minimum Gasteiger partial charge on any atom is -0.461 e. The number of nitrogens with two attached hydrogens (primary N) is 1. The molecule has 1 aromatic carbocycles. The molecule has 0 saturated heterocycles. The lowest BCUT2D eigenvalue weighted by atomic mass is 10.0. The number of esters is 1. The number of carbonyl (C=O) groups excluding carboxylic acids is 1. The van der Waals surface area contributed by atoms with Gasteiger partial charge < -0.3 is 10.5 Å². The molecule has 0 unspecified atom stereocenters. The Hall–Kier alpha value is -1.56. The van der Waals surface area contributed by atoms with E-state index >= 15 is 0 Å². The summed E-state index contributed by atoms with van der Waals surface area (Å²) in [5.74, 6) is -0.718. The van der Waals surface area contributed by atoms with Gasteiger partial charge in [-0.3, -0.25) is 0 Å². The third kappa shape index (κ3) is 3.96. The monoisotopic (exact) mass is 299 g/mol. The molecule has 0 aromatic heterocycles. The van der Waals surface area contributed by atoms with Crippen LogP contribution in [0, 0.1) is 13.8 Å². The average molecular weight is 299 g/mol. The number of hydrogen-bond acceptors (Lipinski definition) is 5. The summed E-state index contributed by atoms with van der Waals surface area (Å²) in [7, 11) is -3.20. The highest BCUT2D eigenvalue weighted by Crippen LogP contribution is 2.18. The number of benzene rings is 1. The van der Waals surface area contributed by atoms with E-state index in [0.717, 1.165) is 11.1 Å². The molecular formula is C14H21NO4S. The molecule has 2 N–H and O–H groups in total. The molecule has 0 aliphatic carbocycles. The fourth-order valence-corrected chi connectivity index (χ4v) is 2.44. The van der Waals surface area contributed by atoms with E-state index in [1.54, 1.807) is 32.9 Å². The van der Waals surface area contributed by atoms with Gasteiger partial charge in [0.15, 0.2) is 9.84 Å². The number of hydrogen-bond donors (Lipinski definition) is 1. The number of anilines is 1. The highest BCUT2D eigenvalue weighted by Gasteiger charge is 2.18. The minimum absolute atomic E-state index is 0.146. The van der Waals surface area contributed by atoms with Gasteiger partial charge in [-0.05, 0) is 44.9 Å². The van der Waals surface area contributed by atoms with Gasteiger partial charge in [0.25, 0.3) is 0 Å². The van der Waals surface area contributed by atoms with Gasteiger partial charge in [-0.25, -0.2) is 13.2 Å². The molecule has 0 heterocycles. The first-order valence-corrected chi connectivity index (χ1v) is 8.12. The zero-order chi connectivity index (χ0) is 15.5. The molecule has 0 fully saturated rings. The van der Waals surface area contributed by atoms with Crippen LogP contribution in [0.4, 0.5) is 5.69 Å². The van der Waals surface area contributed by atoms with Gasteiger partial charge in [-0.15, -0.1) is 0 Å². The third-order valence-corrected chi connectivity index (χ3v) is 5.32. The predicted octanol–water partition coefficient (Wildman–Crippen LogP) is 1.87. The molecular weight excluding hydrogens is 278 g/mol. The Bertz CT molecular complexity index is 606. The largest absolute Gasteiger partial charge is 0.461 e. The first kappa shape index (κ1) is 16.5. The van der Waals surface area contributed by atoms with Gasteiger partial charge in [0.2, 0.25) is 0 Å². The summed E-state index contributed by atoms with van der Waals surface area (Å²) in [6.45, 7) is 6.69. The van der Waals surface area contributed by atoms with Crippen molar-refractivity contribution in [3.05, 3.63) is 28.8 Å². The van der Waals surface area contributed by atoms with Crippen LogP contribution in [0.3, 0.4) is 0 Å². The summed E-state index contributed by atoms with van der Waals surface area (Å²) in [6.07, 6.45) is 0. The molecule has 6 heteroatoms. The van der Waals surface area contributed by atoms with E-state index in [-0.39, 0.29) is 12.4 Å². The molecule has 1 rings (SSSR count). The zero-order valence-electron chi connectivity index (χ0n) is 12.3. The minimum atomic E-state index is -3.20. The maximum atomic E-state index is 11.9. The summed E-state index contributed by atoms with van der Waals surface area (Å²) in [6, 6.07) is 3.36. The lowest BCUT2D eigenvalue weighted by molar-refractivity contribution is 0.0528. The fourth-order valence-electron chi connectivity index (χ4n) is 1.65. The van der Waals surface area contributed by atoms with Gasteiger partial charge >= 0.3 is 5.97 Å². The van der Waals surface area contributed by atoms with Gasteiger partial charge in [0.05, 0.1) is 16.6 Å². The van der Waals surface area contributed by atoms with Crippen molar-refractivity contribution in [3.63, 3.8) is 0 Å². The summed E-state index contributed by atoms with van der Waals surface area (Å²) in [5, 5.41) is -0.474. The van der Waals surface area contributed by atoms with Crippen LogP contribution in [0.5, 0.6) is 0 Å². The molecule has 0 aliphatic rings. The standard InChI is InChI=1S/C14H21NO4S/c1-9(2)20(17,18)6-5-19-14(16)12-8-13(15)11(4)7-10(12)3/h7-9H,5-6,15H2,1-4H3. The lowest BCUT2D eigenvalue weighted by Gasteiger charge is -2.11. The van der Waals surface area contributed by atoms with Crippen molar-refractivity contribution >= 4 is 21.5 Å². The van der Waals surface area contributed by atoms with Crippen LogP contribution in [0.25, 0.3) is 0 Å². The van der Waals surface area contributed by atoms with Gasteiger partial charge in [-0.2, -0.15) is 0 Å². The van der Waals surface area contributed by atoms with Crippen molar-refractivity contribution < 1.29 is 17.9 Å². The lowest BCUT2D eigenvalue weighted by Crippen LogP contribution is -2.22. The van der Waals surface area contributed by atoms with Crippen molar-refractivity contribution in [3.8, 4) is 0 Å². The molecule has 0 saturated carbocycles. The number of rotatable bonds is 5. The smallest absolute Gasteiger partial charge is 0.338 e. The molecule has 0 aliphatic heterocycles. The summed E-state index contributed by atoms with van der Waals surface area (Å²) in [4.78, 5) is 11.9. The van der Waals surface area contributed by atoms with Gasteiger partial charge in [0.1, 0.15) is 6.61 Å². The quantitative estimate of drug-likeness (QED) is 0.662. The van der Waals surface area contributed by atoms with E-state index in [0.29, 0.717) is 11.3 Å². The second-order valence-electron chi connectivity index (χ2n) is 5.08. The van der Waals surface area contributed by atoms with Crippen molar-refractivity contribution in [1.82, 2.24) is 0 Å². The van der Waals surface area contributed by atoms with Crippen molar-refractivity contribution in [2.45, 2.75) is 32.9 Å². The molecule has 1 aromatic rings. The number of aryl methyl sites for hydroxylation is 2. The van der Waals surface area contributed by atoms with E-state index in [4.69, 9.17) is 10.5 Å². The van der Waals surface area contributed by atoms with Crippen LogP contribution in [-0.4, -0.2) is 32.0 Å². The van der Waals surface area contributed by atoms with Gasteiger partial charge in [-0.1, -0.05) is 6.07 Å². The summed E-state index contributed by atoms with van der Waals surface area (Å²) < 4.78 is 28.2. The predicted molar refractivity (Wildman–Crippen MR) is 79.5 cm³/mol. The van der Waals surface area contributed by atoms with Crippen LogP contribution >= 0.6 is 0 Å². The van der Waals surface area contributed by atoms with E-state index in [2.05, 4.69) is 0 Å². The average Bonchev–Trinajstić information content (AvgIpc) is 2.33. The Morgan fingerprint density at radius 3 is 2.40 bits per heavy atom. The maximum absolute atomic E-state index is 11.9. The first-order chi connectivity index (χ1) is 9.15. The molecule has 5 nitrogen and oxygen atoms in total. The van der Waals surface area contributed by atoms with E-state index < -0.39 is 21.1 Å². The number of ether oxygens (including phenoxy) is 1. The number of carbonyl (C=O) groups is 1. The molecule has 0 bridgehead atoms. The molecule has 112 valence electrons. The third-order valence-electron chi connectivity index (χ3n) is 3.15. The van der Waals surface area contributed by atoms with Gasteiger partial charge in [0, 0.05) is 5.69 Å². The van der Waals surface area contributed by atoms with Crippen LogP contribution in [-0.2, 0) is 14.6 Å². The topological polar surface area (TPSA) is 86.5 Å². The van der Waals surface area contributed by atoms with E-state index in [1.165, 1.54) is 0 Å². The molecule has 0 amide bonds. The van der Waals surface area contributed by atoms with Crippen LogP contribution in [0.2, 0.25) is 0 Å². The molecule has 0 spiro atoms. The SMILES string of the molecule is Cc1cc(C)c(C(=O)OCCS(=O)(=O)C(C)C)cc1N. The Morgan fingerprint density at radius 2 is 1.85 bits per heavy atom. The van der Waals surface area contributed by atoms with Crippen molar-refractivity contribution in [2.75, 3.05) is 18.1 Å². The van der Waals surface area contributed by atoms with Crippen molar-refractivity contribution in [1.29, 1.82) is 0 Å². The van der Waals surface area contributed by atoms with Crippen LogP contribution in [0.1, 0.15) is 35.3 Å². The molecule has 0 radical (unpaired) electrons. The molecule has 0 atom stereocenters. The Morgan fingerprint density at radius 1 is 1.25 bits per heavy atom. The number of nitrogen functional groups attached to an aromatic ring is 1. The molecule has 20 heavy (non-hydrogen) atoms. The van der Waals surface area contributed by atoms with Crippen LogP contribution in [0.15, 0.2) is 12.1 Å². The van der Waals surface area contributed by atoms with Crippen molar-refractivity contribution in [2.24, 2.45) is 0 Å². The Balaban J connectivity index is 2.72. The second kappa shape index (κ2) is 6.26. The fraction of sp³-hybridized carbons (Fsp3) is 0.500. The highest BCUT2D eigenvalue weighted by atomic mass is 32.2. The first-order valence-electron chi connectivity index (χ1n) is 6.40. The zero-order valence-corrected chi connectivity index (χ0v) is 13.1. The Kier molecular flexibility index (Phi) is 5.16. The highest BCUT2D eigenvalue weighted by molar-refractivity contribution is 7.91. The van der Waals surface area contributed by atoms with Crippen LogP contribution < -0.4 is 5.73 Å². The summed E-state index contributed by atoms with van der Waals surface area (Å²) in [5.41, 5.74) is 8.29. The normalized spacial score (nSPS) is 11.7.